The molecule has 0 fully saturated rings. The first-order chi connectivity index (χ1) is 12.5. The van der Waals surface area contributed by atoms with Crippen molar-refractivity contribution in [3.05, 3.63) is 64.0 Å². The number of Topliss-reactive ketones (excluding diaryl/α,β-unsaturated/α-hetero) is 1. The molecule has 0 aliphatic carbocycles. The van der Waals surface area contributed by atoms with Crippen LogP contribution in [0.15, 0.2) is 53.4 Å². The molecule has 0 aliphatic heterocycles. The number of hydrogen-bond donors (Lipinski definition) is 1. The number of halogens is 1. The van der Waals surface area contributed by atoms with E-state index >= 15 is 0 Å². The van der Waals surface area contributed by atoms with Crippen molar-refractivity contribution in [3.8, 4) is 21.6 Å². The fourth-order valence-corrected chi connectivity index (χ4v) is 4.88. The number of benzene rings is 2. The van der Waals surface area contributed by atoms with Gasteiger partial charge >= 0.3 is 0 Å². The smallest absolute Gasteiger partial charge is 0.173 e. The zero-order valence-corrected chi connectivity index (χ0v) is 17.3. The summed E-state index contributed by atoms with van der Waals surface area (Å²) < 4.78 is 3.08. The van der Waals surface area contributed by atoms with Crippen LogP contribution < -0.4 is 4.72 Å². The molecule has 2 aromatic carbocycles. The van der Waals surface area contributed by atoms with Gasteiger partial charge in [0.05, 0.1) is 4.88 Å². The van der Waals surface area contributed by atoms with Gasteiger partial charge in [0.15, 0.2) is 5.78 Å². The van der Waals surface area contributed by atoms with Crippen LogP contribution in [0.25, 0.3) is 21.6 Å². The average Bonchev–Trinajstić information content (AvgIpc) is 3.00. The van der Waals surface area contributed by atoms with Crippen molar-refractivity contribution in [2.75, 3.05) is 7.05 Å². The topological polar surface area (TPSA) is 29.1 Å². The van der Waals surface area contributed by atoms with Gasteiger partial charge in [0.2, 0.25) is 0 Å². The third kappa shape index (κ3) is 3.89. The van der Waals surface area contributed by atoms with Crippen LogP contribution in [0.4, 0.5) is 0 Å². The molecular formula is C21H20ClNOS2. The summed E-state index contributed by atoms with van der Waals surface area (Å²) in [5.74, 6) is 0.182. The van der Waals surface area contributed by atoms with E-state index in [1.807, 2.05) is 38.2 Å². The number of hydrogen-bond acceptors (Lipinski definition) is 4. The first kappa shape index (κ1) is 19.2. The zero-order valence-electron chi connectivity index (χ0n) is 14.9. The number of carbonyl (C=O) groups excluding carboxylic acids is 1. The van der Waals surface area contributed by atoms with Gasteiger partial charge in [-0.15, -0.1) is 11.3 Å². The van der Waals surface area contributed by atoms with E-state index in [1.165, 1.54) is 0 Å². The lowest BCUT2D eigenvalue weighted by Crippen LogP contribution is -1.96. The Hall–Kier alpha value is -1.59. The van der Waals surface area contributed by atoms with Crippen LogP contribution in [0.2, 0.25) is 5.02 Å². The van der Waals surface area contributed by atoms with Gasteiger partial charge in [-0.05, 0) is 66.9 Å². The van der Waals surface area contributed by atoms with Crippen LogP contribution >= 0.6 is 34.9 Å². The molecule has 0 spiro atoms. The molecule has 0 saturated heterocycles. The van der Waals surface area contributed by atoms with Crippen LogP contribution in [0.1, 0.15) is 28.6 Å². The maximum Gasteiger partial charge on any atom is 0.173 e. The molecule has 0 amide bonds. The highest BCUT2D eigenvalue weighted by atomic mass is 35.5. The van der Waals surface area contributed by atoms with Gasteiger partial charge in [-0.25, -0.2) is 0 Å². The molecule has 26 heavy (non-hydrogen) atoms. The first-order valence-corrected chi connectivity index (χ1v) is 10.4. The fourth-order valence-electron chi connectivity index (χ4n) is 2.90. The van der Waals surface area contributed by atoms with Gasteiger partial charge in [0.25, 0.3) is 0 Å². The zero-order chi connectivity index (χ0) is 18.7. The van der Waals surface area contributed by atoms with Gasteiger partial charge in [0.1, 0.15) is 0 Å². The lowest BCUT2D eigenvalue weighted by atomic mass is 9.97. The second-order valence-electron chi connectivity index (χ2n) is 5.87. The Bertz CT molecular complexity index is 914. The van der Waals surface area contributed by atoms with Crippen LogP contribution in [0.5, 0.6) is 0 Å². The largest absolute Gasteiger partial charge is 0.293 e. The summed E-state index contributed by atoms with van der Waals surface area (Å²) >= 11 is 9.18. The molecule has 1 heterocycles. The predicted molar refractivity (Wildman–Crippen MR) is 114 cm³/mol. The van der Waals surface area contributed by atoms with E-state index in [0.29, 0.717) is 11.4 Å². The molecule has 1 N–H and O–H groups in total. The van der Waals surface area contributed by atoms with E-state index in [1.54, 1.807) is 23.3 Å². The maximum atomic E-state index is 12.6. The van der Waals surface area contributed by atoms with Crippen LogP contribution in [0.3, 0.4) is 0 Å². The number of rotatable bonds is 6. The molecule has 0 unspecified atom stereocenters. The van der Waals surface area contributed by atoms with E-state index in [-0.39, 0.29) is 5.78 Å². The monoisotopic (exact) mass is 401 g/mol. The van der Waals surface area contributed by atoms with Crippen molar-refractivity contribution in [1.82, 2.24) is 4.72 Å². The van der Waals surface area contributed by atoms with E-state index in [0.717, 1.165) is 36.9 Å². The Morgan fingerprint density at radius 3 is 2.27 bits per heavy atom. The molecule has 1 aromatic heterocycles. The summed E-state index contributed by atoms with van der Waals surface area (Å²) in [7, 11) is 1.90. The summed E-state index contributed by atoms with van der Waals surface area (Å²) in [6, 6.07) is 16.1. The Kier molecular flexibility index (Phi) is 6.20. The Labute approximate surface area is 167 Å². The van der Waals surface area contributed by atoms with Crippen molar-refractivity contribution >= 4 is 40.7 Å². The van der Waals surface area contributed by atoms with Crippen LogP contribution in [-0.4, -0.2) is 12.8 Å². The molecule has 0 bridgehead atoms. The minimum Gasteiger partial charge on any atom is -0.293 e. The van der Waals surface area contributed by atoms with Crippen molar-refractivity contribution in [2.45, 2.75) is 25.2 Å². The molecule has 2 nitrogen and oxygen atoms in total. The highest BCUT2D eigenvalue weighted by molar-refractivity contribution is 7.97. The van der Waals surface area contributed by atoms with Gasteiger partial charge in [-0.3, -0.25) is 9.52 Å². The minimum atomic E-state index is 0.182. The molecule has 5 heteroatoms. The van der Waals surface area contributed by atoms with Crippen molar-refractivity contribution in [2.24, 2.45) is 0 Å². The Morgan fingerprint density at radius 2 is 1.69 bits per heavy atom. The molecule has 0 radical (unpaired) electrons. The normalized spacial score (nSPS) is 10.9. The highest BCUT2D eigenvalue weighted by Gasteiger charge is 2.21. The van der Waals surface area contributed by atoms with Gasteiger partial charge < -0.3 is 0 Å². The fraction of sp³-hybridized carbons (Fsp3) is 0.190. The second kappa shape index (κ2) is 8.40. The SMILES string of the molecule is CCC(=O)c1sc(-c2ccc(Cl)cc2)c(C)c1-c1ccc(SNC)cc1. The summed E-state index contributed by atoms with van der Waals surface area (Å²) in [6.07, 6.45) is 0.501. The minimum absolute atomic E-state index is 0.182. The molecule has 3 aromatic rings. The Morgan fingerprint density at radius 1 is 1.08 bits per heavy atom. The van der Waals surface area contributed by atoms with Crippen LogP contribution in [0, 0.1) is 6.92 Å². The number of carbonyl (C=O) groups is 1. The van der Waals surface area contributed by atoms with Gasteiger partial charge in [-0.2, -0.15) is 0 Å². The number of ketones is 1. The van der Waals surface area contributed by atoms with Crippen molar-refractivity contribution in [3.63, 3.8) is 0 Å². The third-order valence-electron chi connectivity index (χ3n) is 4.19. The van der Waals surface area contributed by atoms with Gasteiger partial charge in [-0.1, -0.05) is 42.8 Å². The number of thiophene rings is 1. The summed E-state index contributed by atoms with van der Waals surface area (Å²) in [5, 5.41) is 0.714. The van der Waals surface area contributed by atoms with Crippen molar-refractivity contribution < 1.29 is 4.79 Å². The average molecular weight is 402 g/mol. The summed E-state index contributed by atoms with van der Waals surface area (Å²) in [6.45, 7) is 4.01. The van der Waals surface area contributed by atoms with E-state index in [4.69, 9.17) is 11.6 Å². The standard InChI is InChI=1S/C21H20ClNOS2/c1-4-18(24)21-19(14-7-11-17(12-8-14)26-23-3)13(2)20(25-21)15-5-9-16(22)10-6-15/h5-12,23H,4H2,1-3H3. The lowest BCUT2D eigenvalue weighted by molar-refractivity contribution is 0.0992. The third-order valence-corrected chi connectivity index (χ3v) is 6.54. The lowest BCUT2D eigenvalue weighted by Gasteiger charge is -2.07. The molecule has 0 saturated carbocycles. The number of nitrogens with one attached hydrogen (secondary N) is 1. The summed E-state index contributed by atoms with van der Waals surface area (Å²) in [4.78, 5) is 15.7. The quantitative estimate of drug-likeness (QED) is 0.361. The van der Waals surface area contributed by atoms with E-state index in [2.05, 4.69) is 35.9 Å². The van der Waals surface area contributed by atoms with E-state index in [9.17, 15) is 4.79 Å². The van der Waals surface area contributed by atoms with E-state index < -0.39 is 0 Å². The molecule has 3 rings (SSSR count). The molecular weight excluding hydrogens is 382 g/mol. The summed E-state index contributed by atoms with van der Waals surface area (Å²) in [5.41, 5.74) is 4.36. The predicted octanol–water partition coefficient (Wildman–Crippen LogP) is 6.86. The second-order valence-corrected chi connectivity index (χ2v) is 8.42. The molecule has 0 atom stereocenters. The van der Waals surface area contributed by atoms with Crippen LogP contribution in [-0.2, 0) is 0 Å². The first-order valence-electron chi connectivity index (χ1n) is 8.41. The van der Waals surface area contributed by atoms with Crippen molar-refractivity contribution in [1.29, 1.82) is 0 Å². The maximum absolute atomic E-state index is 12.6. The van der Waals surface area contributed by atoms with Gasteiger partial charge in [0, 0.05) is 26.8 Å². The molecule has 0 aliphatic rings. The highest BCUT2D eigenvalue weighted by Crippen LogP contribution is 2.42. The molecule has 134 valence electrons. The Balaban J connectivity index is 2.13.